The summed E-state index contributed by atoms with van der Waals surface area (Å²) in [7, 11) is 0. The second kappa shape index (κ2) is 5.55. The fraction of sp³-hybridized carbons (Fsp3) is 0.333. The highest BCUT2D eigenvalue weighted by Gasteiger charge is 2.10. The quantitative estimate of drug-likeness (QED) is 0.782. The molecule has 0 heterocycles. The van der Waals surface area contributed by atoms with Crippen LogP contribution in [0.4, 0.5) is 0 Å². The van der Waals surface area contributed by atoms with E-state index in [1.165, 1.54) is 0 Å². The molecule has 82 valence electrons. The van der Waals surface area contributed by atoms with Crippen LogP contribution >= 0.6 is 23.2 Å². The molecule has 0 saturated heterocycles. The summed E-state index contributed by atoms with van der Waals surface area (Å²) < 4.78 is 0. The molecule has 1 aromatic carbocycles. The van der Waals surface area contributed by atoms with Crippen molar-refractivity contribution in [1.82, 2.24) is 5.32 Å². The number of halogens is 2. The first-order chi connectivity index (χ1) is 7.02. The van der Waals surface area contributed by atoms with Crippen molar-refractivity contribution in [3.05, 3.63) is 46.0 Å². The summed E-state index contributed by atoms with van der Waals surface area (Å²) in [6.45, 7) is 8.66. The molecule has 0 saturated carbocycles. The third-order valence-electron chi connectivity index (χ3n) is 2.16. The molecule has 0 aliphatic carbocycles. The maximum Gasteiger partial charge on any atom is 0.0639 e. The summed E-state index contributed by atoms with van der Waals surface area (Å²) in [6, 6.07) is 5.85. The van der Waals surface area contributed by atoms with Crippen molar-refractivity contribution < 1.29 is 0 Å². The van der Waals surface area contributed by atoms with Crippen LogP contribution in [0.2, 0.25) is 10.0 Å². The summed E-state index contributed by atoms with van der Waals surface area (Å²) in [5, 5.41) is 4.55. The molecule has 3 heteroatoms. The van der Waals surface area contributed by atoms with E-state index >= 15 is 0 Å². The van der Waals surface area contributed by atoms with Crippen LogP contribution in [0.5, 0.6) is 0 Å². The summed E-state index contributed by atoms with van der Waals surface area (Å²) in [4.78, 5) is 0. The predicted octanol–water partition coefficient (Wildman–Crippen LogP) is 4.22. The fourth-order valence-electron chi connectivity index (χ4n) is 1.29. The standard InChI is InChI=1S/C12H15Cl2N/c1-8(2)7-15-9(3)10-5-4-6-11(13)12(10)14/h4-6,9,15H,1,7H2,2-3H3. The van der Waals surface area contributed by atoms with E-state index < -0.39 is 0 Å². The smallest absolute Gasteiger partial charge is 0.0639 e. The lowest BCUT2D eigenvalue weighted by Crippen LogP contribution is -2.20. The van der Waals surface area contributed by atoms with Gasteiger partial charge in [-0.3, -0.25) is 0 Å². The van der Waals surface area contributed by atoms with E-state index in [0.717, 1.165) is 17.7 Å². The van der Waals surface area contributed by atoms with Crippen molar-refractivity contribution in [3.63, 3.8) is 0 Å². The van der Waals surface area contributed by atoms with E-state index in [2.05, 4.69) is 18.8 Å². The molecule has 0 aliphatic rings. The summed E-state index contributed by atoms with van der Waals surface area (Å²) in [5.41, 5.74) is 2.12. The lowest BCUT2D eigenvalue weighted by Gasteiger charge is -2.16. The Morgan fingerprint density at radius 2 is 2.13 bits per heavy atom. The van der Waals surface area contributed by atoms with Crippen LogP contribution in [0.1, 0.15) is 25.5 Å². The molecule has 0 bridgehead atoms. The van der Waals surface area contributed by atoms with E-state index in [1.807, 2.05) is 19.1 Å². The topological polar surface area (TPSA) is 12.0 Å². The Labute approximate surface area is 101 Å². The Kier molecular flexibility index (Phi) is 4.65. The Morgan fingerprint density at radius 1 is 1.47 bits per heavy atom. The van der Waals surface area contributed by atoms with E-state index in [1.54, 1.807) is 6.07 Å². The van der Waals surface area contributed by atoms with Crippen LogP contribution in [-0.2, 0) is 0 Å². The second-order valence-corrected chi connectivity index (χ2v) is 4.49. The third kappa shape index (κ3) is 3.53. The van der Waals surface area contributed by atoms with Gasteiger partial charge >= 0.3 is 0 Å². The number of rotatable bonds is 4. The van der Waals surface area contributed by atoms with Gasteiger partial charge in [0.25, 0.3) is 0 Å². The zero-order valence-electron chi connectivity index (χ0n) is 8.98. The van der Waals surface area contributed by atoms with Crippen LogP contribution in [0.15, 0.2) is 30.4 Å². The van der Waals surface area contributed by atoms with Crippen LogP contribution in [0.25, 0.3) is 0 Å². The Bertz CT molecular complexity index is 361. The van der Waals surface area contributed by atoms with Gasteiger partial charge in [0.05, 0.1) is 10.0 Å². The maximum absolute atomic E-state index is 6.11. The molecule has 0 amide bonds. The number of benzene rings is 1. The van der Waals surface area contributed by atoms with Gasteiger partial charge in [-0.05, 0) is 25.5 Å². The van der Waals surface area contributed by atoms with Gasteiger partial charge in [0, 0.05) is 12.6 Å². The van der Waals surface area contributed by atoms with Gasteiger partial charge in [-0.1, -0.05) is 47.5 Å². The van der Waals surface area contributed by atoms with Crippen molar-refractivity contribution in [2.45, 2.75) is 19.9 Å². The minimum absolute atomic E-state index is 0.174. The number of hydrogen-bond donors (Lipinski definition) is 1. The van der Waals surface area contributed by atoms with E-state index in [-0.39, 0.29) is 6.04 Å². The Hall–Kier alpha value is -0.500. The normalized spacial score (nSPS) is 12.5. The fourth-order valence-corrected chi connectivity index (χ4v) is 1.76. The lowest BCUT2D eigenvalue weighted by molar-refractivity contribution is 0.607. The molecule has 1 aromatic rings. The van der Waals surface area contributed by atoms with Crippen molar-refractivity contribution >= 4 is 23.2 Å². The monoisotopic (exact) mass is 243 g/mol. The first-order valence-corrected chi connectivity index (χ1v) is 5.59. The van der Waals surface area contributed by atoms with Gasteiger partial charge < -0.3 is 5.32 Å². The molecule has 0 fully saturated rings. The molecule has 1 unspecified atom stereocenters. The predicted molar refractivity (Wildman–Crippen MR) is 67.7 cm³/mol. The Morgan fingerprint density at radius 3 is 2.73 bits per heavy atom. The molecule has 1 N–H and O–H groups in total. The Balaban J connectivity index is 2.77. The summed E-state index contributed by atoms with van der Waals surface area (Å²) in [6.07, 6.45) is 0. The maximum atomic E-state index is 6.11. The zero-order chi connectivity index (χ0) is 11.4. The zero-order valence-corrected chi connectivity index (χ0v) is 10.5. The second-order valence-electron chi connectivity index (χ2n) is 3.70. The van der Waals surface area contributed by atoms with E-state index in [9.17, 15) is 0 Å². The molecule has 15 heavy (non-hydrogen) atoms. The summed E-state index contributed by atoms with van der Waals surface area (Å²) >= 11 is 12.1. The largest absolute Gasteiger partial charge is 0.306 e. The van der Waals surface area contributed by atoms with Gasteiger partial charge in [0.15, 0.2) is 0 Å². The molecule has 0 spiro atoms. The van der Waals surface area contributed by atoms with Crippen molar-refractivity contribution in [2.75, 3.05) is 6.54 Å². The molecule has 0 aromatic heterocycles. The van der Waals surface area contributed by atoms with Crippen LogP contribution < -0.4 is 5.32 Å². The highest BCUT2D eigenvalue weighted by Crippen LogP contribution is 2.29. The van der Waals surface area contributed by atoms with Gasteiger partial charge in [-0.15, -0.1) is 0 Å². The number of nitrogens with one attached hydrogen (secondary N) is 1. The molecule has 1 atom stereocenters. The molecule has 1 rings (SSSR count). The van der Waals surface area contributed by atoms with Gasteiger partial charge in [0.1, 0.15) is 0 Å². The molecule has 0 radical (unpaired) electrons. The SMILES string of the molecule is C=C(C)CNC(C)c1cccc(Cl)c1Cl. The first kappa shape index (κ1) is 12.6. The minimum Gasteiger partial charge on any atom is -0.306 e. The summed E-state index contributed by atoms with van der Waals surface area (Å²) in [5.74, 6) is 0. The third-order valence-corrected chi connectivity index (χ3v) is 2.99. The van der Waals surface area contributed by atoms with E-state index in [0.29, 0.717) is 10.0 Å². The average molecular weight is 244 g/mol. The molecular weight excluding hydrogens is 229 g/mol. The minimum atomic E-state index is 0.174. The molecule has 0 aliphatic heterocycles. The van der Waals surface area contributed by atoms with Crippen molar-refractivity contribution in [2.24, 2.45) is 0 Å². The average Bonchev–Trinajstić information content (AvgIpc) is 2.18. The number of hydrogen-bond acceptors (Lipinski definition) is 1. The van der Waals surface area contributed by atoms with Crippen molar-refractivity contribution in [3.8, 4) is 0 Å². The van der Waals surface area contributed by atoms with Crippen LogP contribution in [0.3, 0.4) is 0 Å². The van der Waals surface area contributed by atoms with Gasteiger partial charge in [0.2, 0.25) is 0 Å². The lowest BCUT2D eigenvalue weighted by atomic mass is 10.1. The van der Waals surface area contributed by atoms with Gasteiger partial charge in [-0.25, -0.2) is 0 Å². The highest BCUT2D eigenvalue weighted by atomic mass is 35.5. The van der Waals surface area contributed by atoms with Crippen LogP contribution in [-0.4, -0.2) is 6.54 Å². The highest BCUT2D eigenvalue weighted by molar-refractivity contribution is 6.42. The van der Waals surface area contributed by atoms with E-state index in [4.69, 9.17) is 23.2 Å². The molecular formula is C12H15Cl2N. The van der Waals surface area contributed by atoms with Crippen molar-refractivity contribution in [1.29, 1.82) is 0 Å². The first-order valence-electron chi connectivity index (χ1n) is 4.84. The molecule has 1 nitrogen and oxygen atoms in total. The van der Waals surface area contributed by atoms with Crippen LogP contribution in [0, 0.1) is 0 Å². The van der Waals surface area contributed by atoms with Gasteiger partial charge in [-0.2, -0.15) is 0 Å².